The monoisotopic (exact) mass is 282 g/mol. The minimum absolute atomic E-state index is 0.0528. The molecule has 0 spiro atoms. The van der Waals surface area contributed by atoms with Crippen molar-refractivity contribution in [1.29, 1.82) is 0 Å². The molecule has 0 unspecified atom stereocenters. The molecule has 0 radical (unpaired) electrons. The summed E-state index contributed by atoms with van der Waals surface area (Å²) in [5.74, 6) is -0.448. The zero-order chi connectivity index (χ0) is 14.5. The van der Waals surface area contributed by atoms with Gasteiger partial charge in [-0.3, -0.25) is 4.79 Å². The van der Waals surface area contributed by atoms with Gasteiger partial charge in [0.2, 0.25) is 5.91 Å². The Morgan fingerprint density at radius 1 is 1.37 bits per heavy atom. The second-order valence-corrected chi connectivity index (χ2v) is 4.90. The summed E-state index contributed by atoms with van der Waals surface area (Å²) in [6, 6.07) is 0. The molecule has 4 nitrogen and oxygen atoms in total. The topological polar surface area (TPSA) is 41.6 Å². The van der Waals surface area contributed by atoms with Crippen molar-refractivity contribution in [3.8, 4) is 0 Å². The van der Waals surface area contributed by atoms with Gasteiger partial charge in [0.25, 0.3) is 0 Å². The lowest BCUT2D eigenvalue weighted by Crippen LogP contribution is -2.53. The van der Waals surface area contributed by atoms with E-state index in [0.29, 0.717) is 25.9 Å². The van der Waals surface area contributed by atoms with Gasteiger partial charge in [0.05, 0.1) is 12.0 Å². The van der Waals surface area contributed by atoms with E-state index in [1.165, 1.54) is 7.11 Å². The first-order valence-corrected chi connectivity index (χ1v) is 6.40. The van der Waals surface area contributed by atoms with Crippen LogP contribution in [0, 0.1) is 5.41 Å². The number of carbonyl (C=O) groups excluding carboxylic acids is 1. The van der Waals surface area contributed by atoms with E-state index >= 15 is 0 Å². The maximum atomic E-state index is 12.5. The number of hydrogen-bond donors (Lipinski definition) is 1. The molecule has 0 aliphatic carbocycles. The maximum absolute atomic E-state index is 12.5. The summed E-state index contributed by atoms with van der Waals surface area (Å²) in [5, 5.41) is 3.11. The van der Waals surface area contributed by atoms with Crippen LogP contribution in [0.2, 0.25) is 0 Å². The summed E-state index contributed by atoms with van der Waals surface area (Å²) in [6.45, 7) is 1.84. The number of carbonyl (C=O) groups is 1. The third-order valence-electron chi connectivity index (χ3n) is 3.47. The third-order valence-corrected chi connectivity index (χ3v) is 3.47. The molecular formula is C12H21F3N2O2. The number of piperidine rings is 1. The molecule has 1 fully saturated rings. The minimum atomic E-state index is -4.37. The van der Waals surface area contributed by atoms with E-state index in [4.69, 9.17) is 4.74 Å². The molecule has 1 rings (SSSR count). The van der Waals surface area contributed by atoms with Crippen LogP contribution in [0.5, 0.6) is 0 Å². The van der Waals surface area contributed by atoms with Gasteiger partial charge in [-0.25, -0.2) is 0 Å². The lowest BCUT2D eigenvalue weighted by atomic mass is 9.78. The number of nitrogens with zero attached hydrogens (tertiary/aromatic N) is 1. The van der Waals surface area contributed by atoms with Gasteiger partial charge in [0.15, 0.2) is 0 Å². The zero-order valence-electron chi connectivity index (χ0n) is 11.3. The second-order valence-electron chi connectivity index (χ2n) is 4.90. The zero-order valence-corrected chi connectivity index (χ0v) is 11.3. The quantitative estimate of drug-likeness (QED) is 0.829. The molecule has 19 heavy (non-hydrogen) atoms. The molecule has 1 N–H and O–H groups in total. The van der Waals surface area contributed by atoms with Crippen molar-refractivity contribution in [2.24, 2.45) is 5.41 Å². The van der Waals surface area contributed by atoms with Gasteiger partial charge in [-0.1, -0.05) is 0 Å². The Bertz CT molecular complexity index is 296. The highest BCUT2D eigenvalue weighted by atomic mass is 19.4. The average molecular weight is 282 g/mol. The van der Waals surface area contributed by atoms with Gasteiger partial charge >= 0.3 is 6.18 Å². The van der Waals surface area contributed by atoms with Gasteiger partial charge in [-0.05, 0) is 32.9 Å². The molecule has 1 heterocycles. The number of ether oxygens (including phenoxy) is 1. The van der Waals surface area contributed by atoms with Gasteiger partial charge in [-0.15, -0.1) is 0 Å². The summed E-state index contributed by atoms with van der Waals surface area (Å²) < 4.78 is 42.6. The van der Waals surface area contributed by atoms with Gasteiger partial charge < -0.3 is 15.0 Å². The number of methoxy groups -OCH3 is 1. The Morgan fingerprint density at radius 3 is 2.37 bits per heavy atom. The fraction of sp³-hybridized carbons (Fsp3) is 0.917. The average Bonchev–Trinajstić information content (AvgIpc) is 2.35. The second kappa shape index (κ2) is 6.56. The Morgan fingerprint density at radius 2 is 1.95 bits per heavy atom. The highest BCUT2D eigenvalue weighted by molar-refractivity contribution is 5.83. The third kappa shape index (κ3) is 4.35. The van der Waals surface area contributed by atoms with Crippen molar-refractivity contribution >= 4 is 5.91 Å². The van der Waals surface area contributed by atoms with Crippen LogP contribution in [-0.4, -0.2) is 56.9 Å². The van der Waals surface area contributed by atoms with Crippen LogP contribution >= 0.6 is 0 Å². The normalized spacial score (nSPS) is 19.2. The Hall–Kier alpha value is -0.820. The van der Waals surface area contributed by atoms with Crippen LogP contribution in [0.1, 0.15) is 19.8 Å². The standard InChI is InChI=1S/C12H21F3N2O2/c1-3-17(8-12(13,14)15)10(18)11(9-19-2)4-6-16-7-5-11/h16H,3-9H2,1-2H3. The van der Waals surface area contributed by atoms with Crippen molar-refractivity contribution in [3.05, 3.63) is 0 Å². The van der Waals surface area contributed by atoms with Crippen LogP contribution in [0.25, 0.3) is 0 Å². The number of nitrogens with one attached hydrogen (secondary N) is 1. The smallest absolute Gasteiger partial charge is 0.384 e. The number of amides is 1. The van der Waals surface area contributed by atoms with E-state index in [-0.39, 0.29) is 13.2 Å². The summed E-state index contributed by atoms with van der Waals surface area (Å²) in [5.41, 5.74) is -0.818. The molecule has 1 amide bonds. The molecule has 0 bridgehead atoms. The van der Waals surface area contributed by atoms with E-state index < -0.39 is 24.0 Å². The summed E-state index contributed by atoms with van der Waals surface area (Å²) in [7, 11) is 1.47. The molecule has 1 aliphatic heterocycles. The molecule has 0 saturated carbocycles. The molecule has 0 aromatic carbocycles. The van der Waals surface area contributed by atoms with E-state index in [9.17, 15) is 18.0 Å². The lowest BCUT2D eigenvalue weighted by Gasteiger charge is -2.39. The first-order chi connectivity index (χ1) is 8.84. The fourth-order valence-corrected chi connectivity index (χ4v) is 2.48. The minimum Gasteiger partial charge on any atom is -0.384 e. The number of rotatable bonds is 5. The highest BCUT2D eigenvalue weighted by Crippen LogP contribution is 2.32. The van der Waals surface area contributed by atoms with Gasteiger partial charge in [0.1, 0.15) is 6.54 Å². The molecule has 0 atom stereocenters. The molecule has 0 aromatic rings. The predicted molar refractivity (Wildman–Crippen MR) is 64.7 cm³/mol. The molecule has 112 valence electrons. The van der Waals surface area contributed by atoms with E-state index in [1.54, 1.807) is 6.92 Å². The molecule has 7 heteroatoms. The summed E-state index contributed by atoms with van der Waals surface area (Å²) in [4.78, 5) is 13.3. The van der Waals surface area contributed by atoms with Gasteiger partial charge in [-0.2, -0.15) is 13.2 Å². The molecule has 0 aromatic heterocycles. The molecule has 1 aliphatic rings. The van der Waals surface area contributed by atoms with Crippen LogP contribution in [-0.2, 0) is 9.53 Å². The Kier molecular flexibility index (Phi) is 5.61. The number of alkyl halides is 3. The summed E-state index contributed by atoms with van der Waals surface area (Å²) >= 11 is 0. The van der Waals surface area contributed by atoms with Gasteiger partial charge in [0, 0.05) is 13.7 Å². The van der Waals surface area contributed by atoms with E-state index in [0.717, 1.165) is 4.90 Å². The van der Waals surface area contributed by atoms with Crippen molar-refractivity contribution in [2.45, 2.75) is 25.9 Å². The fourth-order valence-electron chi connectivity index (χ4n) is 2.48. The maximum Gasteiger partial charge on any atom is 0.406 e. The highest BCUT2D eigenvalue weighted by Gasteiger charge is 2.44. The van der Waals surface area contributed by atoms with E-state index in [1.807, 2.05) is 0 Å². The largest absolute Gasteiger partial charge is 0.406 e. The van der Waals surface area contributed by atoms with Crippen molar-refractivity contribution < 1.29 is 22.7 Å². The Balaban J connectivity index is 2.84. The predicted octanol–water partition coefficient (Wildman–Crippen LogP) is 1.41. The lowest BCUT2D eigenvalue weighted by molar-refractivity contribution is -0.170. The van der Waals surface area contributed by atoms with E-state index in [2.05, 4.69) is 5.32 Å². The summed E-state index contributed by atoms with van der Waals surface area (Å²) in [6.07, 6.45) is -3.35. The van der Waals surface area contributed by atoms with Crippen molar-refractivity contribution in [1.82, 2.24) is 10.2 Å². The number of hydrogen-bond acceptors (Lipinski definition) is 3. The molecule has 1 saturated heterocycles. The van der Waals surface area contributed by atoms with Crippen LogP contribution < -0.4 is 5.32 Å². The SMILES string of the molecule is CCN(CC(F)(F)F)C(=O)C1(COC)CCNCC1. The molecular weight excluding hydrogens is 261 g/mol. The van der Waals surface area contributed by atoms with Crippen LogP contribution in [0.3, 0.4) is 0 Å². The van der Waals surface area contributed by atoms with Crippen LogP contribution in [0.15, 0.2) is 0 Å². The first-order valence-electron chi connectivity index (χ1n) is 6.40. The van der Waals surface area contributed by atoms with Crippen molar-refractivity contribution in [3.63, 3.8) is 0 Å². The Labute approximate surface area is 111 Å². The first kappa shape index (κ1) is 16.2. The van der Waals surface area contributed by atoms with Crippen LogP contribution in [0.4, 0.5) is 13.2 Å². The van der Waals surface area contributed by atoms with Crippen molar-refractivity contribution in [2.75, 3.05) is 39.9 Å². The number of halogens is 3.